The molecule has 2 atom stereocenters. The molecule has 3 rings (SSSR count). The molecule has 7 heteroatoms. The second-order valence-corrected chi connectivity index (χ2v) is 9.29. The van der Waals surface area contributed by atoms with E-state index < -0.39 is 5.97 Å². The van der Waals surface area contributed by atoms with Crippen LogP contribution in [-0.4, -0.2) is 40.5 Å². The Kier molecular flexibility index (Phi) is 7.13. The zero-order valence-electron chi connectivity index (χ0n) is 16.5. The summed E-state index contributed by atoms with van der Waals surface area (Å²) in [5.41, 5.74) is 2.40. The van der Waals surface area contributed by atoms with E-state index in [2.05, 4.69) is 18.8 Å². The maximum absolute atomic E-state index is 12.6. The Balaban J connectivity index is 1.60. The van der Waals surface area contributed by atoms with Crippen LogP contribution in [0.2, 0.25) is 0 Å². The van der Waals surface area contributed by atoms with Crippen LogP contribution in [0.3, 0.4) is 0 Å². The number of esters is 1. The molecule has 0 saturated carbocycles. The molecule has 1 aliphatic rings. The molecule has 150 valence electrons. The lowest BCUT2D eigenvalue weighted by atomic mass is 9.97. The first-order chi connectivity index (χ1) is 13.5. The highest BCUT2D eigenvalue weighted by molar-refractivity contribution is 8.00. The normalized spacial score (nSPS) is 19.5. The predicted molar refractivity (Wildman–Crippen MR) is 113 cm³/mol. The van der Waals surface area contributed by atoms with E-state index in [0.29, 0.717) is 11.3 Å². The monoisotopic (exact) mass is 418 g/mol. The van der Waals surface area contributed by atoms with Crippen LogP contribution in [-0.2, 0) is 15.3 Å². The molecular formula is C21H26N2O3S2. The number of ether oxygens (including phenoxy) is 1. The summed E-state index contributed by atoms with van der Waals surface area (Å²) in [4.78, 5) is 31.5. The number of carbonyl (C=O) groups excluding carboxylic acids is 2. The van der Waals surface area contributed by atoms with Gasteiger partial charge in [0.15, 0.2) is 6.61 Å². The molecule has 2 heterocycles. The molecule has 0 N–H and O–H groups in total. The van der Waals surface area contributed by atoms with Crippen molar-refractivity contribution in [2.75, 3.05) is 6.61 Å². The quantitative estimate of drug-likeness (QED) is 0.503. The average molecular weight is 419 g/mol. The lowest BCUT2D eigenvalue weighted by molar-refractivity contribution is -0.140. The molecule has 0 bridgehead atoms. The first-order valence-corrected chi connectivity index (χ1v) is 11.4. The number of nitrogens with zero attached hydrogens (tertiary/aromatic N) is 2. The number of aromatic nitrogens is 1. The van der Waals surface area contributed by atoms with Crippen LogP contribution in [0, 0.1) is 6.92 Å². The van der Waals surface area contributed by atoms with Crippen molar-refractivity contribution < 1.29 is 14.3 Å². The summed E-state index contributed by atoms with van der Waals surface area (Å²) in [6.45, 7) is 5.87. The number of thioether (sulfide) groups is 1. The van der Waals surface area contributed by atoms with Crippen molar-refractivity contribution in [2.24, 2.45) is 0 Å². The van der Waals surface area contributed by atoms with Crippen molar-refractivity contribution in [1.29, 1.82) is 0 Å². The molecular weight excluding hydrogens is 392 g/mol. The highest BCUT2D eigenvalue weighted by atomic mass is 32.2. The molecule has 1 aromatic heterocycles. The third-order valence-electron chi connectivity index (χ3n) is 4.99. The summed E-state index contributed by atoms with van der Waals surface area (Å²) in [6.07, 6.45) is 3.14. The van der Waals surface area contributed by atoms with Crippen molar-refractivity contribution in [3.05, 3.63) is 46.5 Å². The standard InChI is InChI=1S/C21H26N2O3S2/c1-14-12-27-21(22-14)28-13-17-9-4-5-10-18(17)20(25)26-11-19(24)23-15(2)7-6-8-16(23)3/h4-5,9-10,12,15-16H,6-8,11,13H2,1-3H3/t15-,16+. The number of carbonyl (C=O) groups is 2. The molecule has 1 aliphatic heterocycles. The van der Waals surface area contributed by atoms with Gasteiger partial charge in [0.1, 0.15) is 4.34 Å². The number of amides is 1. The maximum Gasteiger partial charge on any atom is 0.338 e. The van der Waals surface area contributed by atoms with Gasteiger partial charge in [0, 0.05) is 28.9 Å². The van der Waals surface area contributed by atoms with Crippen LogP contribution in [0.15, 0.2) is 34.0 Å². The maximum atomic E-state index is 12.6. The second-order valence-electron chi connectivity index (χ2n) is 7.21. The van der Waals surface area contributed by atoms with Gasteiger partial charge < -0.3 is 9.64 Å². The Morgan fingerprint density at radius 2 is 1.96 bits per heavy atom. The fourth-order valence-electron chi connectivity index (χ4n) is 3.58. The van der Waals surface area contributed by atoms with E-state index in [-0.39, 0.29) is 24.6 Å². The predicted octanol–water partition coefficient (Wildman–Crippen LogP) is 4.69. The fraction of sp³-hybridized carbons (Fsp3) is 0.476. The van der Waals surface area contributed by atoms with Crippen LogP contribution in [0.4, 0.5) is 0 Å². The molecule has 0 unspecified atom stereocenters. The van der Waals surface area contributed by atoms with Crippen molar-refractivity contribution in [3.63, 3.8) is 0 Å². The third-order valence-corrected chi connectivity index (χ3v) is 7.18. The molecule has 5 nitrogen and oxygen atoms in total. The van der Waals surface area contributed by atoms with E-state index >= 15 is 0 Å². The van der Waals surface area contributed by atoms with Crippen LogP contribution in [0.5, 0.6) is 0 Å². The van der Waals surface area contributed by atoms with Crippen LogP contribution < -0.4 is 0 Å². The molecule has 0 aliphatic carbocycles. The van der Waals surface area contributed by atoms with Gasteiger partial charge >= 0.3 is 5.97 Å². The number of piperidine rings is 1. The lowest BCUT2D eigenvalue weighted by Gasteiger charge is -2.38. The number of hydrogen-bond acceptors (Lipinski definition) is 6. The molecule has 1 saturated heterocycles. The van der Waals surface area contributed by atoms with E-state index in [1.165, 1.54) is 0 Å². The second kappa shape index (κ2) is 9.56. The Bertz CT molecular complexity index is 827. The van der Waals surface area contributed by atoms with E-state index in [1.807, 2.05) is 35.4 Å². The minimum atomic E-state index is -0.447. The van der Waals surface area contributed by atoms with Crippen LogP contribution >= 0.6 is 23.1 Å². The van der Waals surface area contributed by atoms with Gasteiger partial charge in [-0.25, -0.2) is 9.78 Å². The van der Waals surface area contributed by atoms with E-state index in [0.717, 1.165) is 34.9 Å². The minimum Gasteiger partial charge on any atom is -0.452 e. The van der Waals surface area contributed by atoms with Crippen molar-refractivity contribution >= 4 is 35.0 Å². The summed E-state index contributed by atoms with van der Waals surface area (Å²) >= 11 is 3.20. The Hall–Kier alpha value is -1.86. The van der Waals surface area contributed by atoms with Gasteiger partial charge in [-0.1, -0.05) is 30.0 Å². The largest absolute Gasteiger partial charge is 0.452 e. The fourth-order valence-corrected chi connectivity index (χ4v) is 5.43. The van der Waals surface area contributed by atoms with Gasteiger partial charge in [-0.05, 0) is 51.7 Å². The smallest absolute Gasteiger partial charge is 0.338 e. The Morgan fingerprint density at radius 1 is 1.25 bits per heavy atom. The summed E-state index contributed by atoms with van der Waals surface area (Å²) in [5.74, 6) is 0.0715. The van der Waals surface area contributed by atoms with Crippen molar-refractivity contribution in [3.8, 4) is 0 Å². The summed E-state index contributed by atoms with van der Waals surface area (Å²) in [6, 6.07) is 7.78. The molecule has 2 aromatic rings. The summed E-state index contributed by atoms with van der Waals surface area (Å²) in [5, 5.41) is 2.01. The number of rotatable bonds is 6. The van der Waals surface area contributed by atoms with Gasteiger partial charge in [0.2, 0.25) is 0 Å². The number of benzene rings is 1. The Labute approximate surface area is 174 Å². The topological polar surface area (TPSA) is 59.5 Å². The lowest BCUT2D eigenvalue weighted by Crippen LogP contribution is -2.49. The van der Waals surface area contributed by atoms with Gasteiger partial charge in [-0.2, -0.15) is 0 Å². The third kappa shape index (κ3) is 5.14. The number of likely N-dealkylation sites (tertiary alicyclic amines) is 1. The van der Waals surface area contributed by atoms with Gasteiger partial charge in [-0.3, -0.25) is 4.79 Å². The summed E-state index contributed by atoms with van der Waals surface area (Å²) < 4.78 is 6.36. The summed E-state index contributed by atoms with van der Waals surface area (Å²) in [7, 11) is 0. The van der Waals surface area contributed by atoms with E-state index in [1.54, 1.807) is 29.2 Å². The molecule has 0 spiro atoms. The molecule has 1 aromatic carbocycles. The zero-order valence-corrected chi connectivity index (χ0v) is 18.1. The van der Waals surface area contributed by atoms with Gasteiger partial charge in [0.25, 0.3) is 5.91 Å². The number of hydrogen-bond donors (Lipinski definition) is 0. The highest BCUT2D eigenvalue weighted by Gasteiger charge is 2.29. The average Bonchev–Trinajstić information content (AvgIpc) is 3.10. The van der Waals surface area contributed by atoms with E-state index in [9.17, 15) is 9.59 Å². The Morgan fingerprint density at radius 3 is 2.64 bits per heavy atom. The SMILES string of the molecule is Cc1csc(SCc2ccccc2C(=O)OCC(=O)N2[C@H](C)CCC[C@@H]2C)n1. The van der Waals surface area contributed by atoms with Crippen molar-refractivity contribution in [1.82, 2.24) is 9.88 Å². The molecule has 28 heavy (non-hydrogen) atoms. The van der Waals surface area contributed by atoms with Crippen molar-refractivity contribution in [2.45, 2.75) is 62.2 Å². The van der Waals surface area contributed by atoms with Crippen LogP contribution in [0.1, 0.15) is 54.7 Å². The number of thiazole rings is 1. The number of aryl methyl sites for hydroxylation is 1. The first kappa shape index (κ1) is 20.9. The highest BCUT2D eigenvalue weighted by Crippen LogP contribution is 2.27. The molecule has 0 radical (unpaired) electrons. The zero-order chi connectivity index (χ0) is 20.1. The minimum absolute atomic E-state index is 0.113. The van der Waals surface area contributed by atoms with Gasteiger partial charge in [0.05, 0.1) is 5.56 Å². The van der Waals surface area contributed by atoms with Gasteiger partial charge in [-0.15, -0.1) is 11.3 Å². The molecule has 1 fully saturated rings. The first-order valence-electron chi connectivity index (χ1n) is 9.57. The van der Waals surface area contributed by atoms with E-state index in [4.69, 9.17) is 4.74 Å². The molecule has 1 amide bonds. The van der Waals surface area contributed by atoms with Crippen LogP contribution in [0.25, 0.3) is 0 Å².